The summed E-state index contributed by atoms with van der Waals surface area (Å²) < 4.78 is 61.0. The first kappa shape index (κ1) is 13.7. The van der Waals surface area contributed by atoms with Crippen molar-refractivity contribution in [2.75, 3.05) is 39.8 Å². The van der Waals surface area contributed by atoms with Gasteiger partial charge >= 0.3 is 6.18 Å². The van der Waals surface area contributed by atoms with Crippen LogP contribution in [-0.4, -0.2) is 63.0 Å². The highest BCUT2D eigenvalue weighted by molar-refractivity contribution is 7.87. The third-order valence-corrected chi connectivity index (χ3v) is 4.20. The smallest absolute Gasteiger partial charge is 0.318 e. The van der Waals surface area contributed by atoms with Crippen LogP contribution in [0.15, 0.2) is 0 Å². The van der Waals surface area contributed by atoms with Crippen molar-refractivity contribution in [2.45, 2.75) is 6.18 Å². The van der Waals surface area contributed by atoms with Gasteiger partial charge in [0.2, 0.25) is 0 Å². The summed E-state index contributed by atoms with van der Waals surface area (Å²) in [6.45, 7) is -0.802. The molecule has 0 amide bonds. The van der Waals surface area contributed by atoms with Gasteiger partial charge in [0.15, 0.2) is 0 Å². The summed E-state index contributed by atoms with van der Waals surface area (Å²) in [6.07, 6.45) is -4.49. The van der Waals surface area contributed by atoms with E-state index in [0.29, 0.717) is 10.8 Å². The molecule has 1 aliphatic heterocycles. The van der Waals surface area contributed by atoms with Gasteiger partial charge in [0.25, 0.3) is 10.2 Å². The monoisotopic (exact) mass is 261 g/mol. The number of nitrogens with one attached hydrogen (secondary N) is 1. The Morgan fingerprint density at radius 1 is 1.25 bits per heavy atom. The maximum absolute atomic E-state index is 12.1. The van der Waals surface area contributed by atoms with Crippen molar-refractivity contribution < 1.29 is 21.6 Å². The van der Waals surface area contributed by atoms with Gasteiger partial charge < -0.3 is 5.32 Å². The lowest BCUT2D eigenvalue weighted by atomic mass is 10.5. The van der Waals surface area contributed by atoms with Gasteiger partial charge in [-0.05, 0) is 7.05 Å². The van der Waals surface area contributed by atoms with Crippen LogP contribution in [0.1, 0.15) is 0 Å². The van der Waals surface area contributed by atoms with E-state index < -0.39 is 22.9 Å². The zero-order valence-corrected chi connectivity index (χ0v) is 9.61. The second kappa shape index (κ2) is 4.86. The highest BCUT2D eigenvalue weighted by Gasteiger charge is 2.42. The van der Waals surface area contributed by atoms with E-state index in [1.54, 1.807) is 7.05 Å². The molecular formula is C7H14F3N3O2S. The van der Waals surface area contributed by atoms with E-state index >= 15 is 0 Å². The largest absolute Gasteiger partial charge is 0.402 e. The van der Waals surface area contributed by atoms with E-state index in [2.05, 4.69) is 5.32 Å². The summed E-state index contributed by atoms with van der Waals surface area (Å²) in [5.74, 6) is 0. The third-order valence-electron chi connectivity index (χ3n) is 2.22. The Kier molecular flexibility index (Phi) is 4.16. The molecule has 16 heavy (non-hydrogen) atoms. The number of halogens is 3. The van der Waals surface area contributed by atoms with Gasteiger partial charge in [0.05, 0.1) is 0 Å². The molecule has 0 spiro atoms. The van der Waals surface area contributed by atoms with Crippen molar-refractivity contribution in [1.29, 1.82) is 0 Å². The zero-order valence-electron chi connectivity index (χ0n) is 8.79. The number of likely N-dealkylation sites (N-methyl/N-ethyl adjacent to an activating group) is 1. The Balaban J connectivity index is 2.65. The molecule has 0 unspecified atom stereocenters. The van der Waals surface area contributed by atoms with Crippen LogP contribution in [0.2, 0.25) is 0 Å². The topological polar surface area (TPSA) is 52.6 Å². The summed E-state index contributed by atoms with van der Waals surface area (Å²) in [6, 6.07) is 0. The van der Waals surface area contributed by atoms with Crippen LogP contribution in [0.3, 0.4) is 0 Å². The molecule has 1 fully saturated rings. The van der Waals surface area contributed by atoms with Gasteiger partial charge in [-0.2, -0.15) is 30.2 Å². The normalized spacial score (nSPS) is 22.8. The molecule has 0 aromatic heterocycles. The molecule has 1 saturated heterocycles. The molecule has 1 heterocycles. The summed E-state index contributed by atoms with van der Waals surface area (Å²) in [5, 5.41) is 2.75. The quantitative estimate of drug-likeness (QED) is 0.751. The molecule has 0 aliphatic carbocycles. The minimum atomic E-state index is -4.49. The van der Waals surface area contributed by atoms with Crippen molar-refractivity contribution >= 4 is 10.2 Å². The average molecular weight is 261 g/mol. The van der Waals surface area contributed by atoms with Crippen LogP contribution in [0.4, 0.5) is 13.2 Å². The van der Waals surface area contributed by atoms with Crippen LogP contribution in [0, 0.1) is 0 Å². The SMILES string of the molecule is CNCCN1CCN(CC(F)(F)F)S1(=O)=O. The van der Waals surface area contributed by atoms with E-state index in [1.165, 1.54) is 0 Å². The lowest BCUT2D eigenvalue weighted by Gasteiger charge is -2.19. The number of rotatable bonds is 4. The lowest BCUT2D eigenvalue weighted by Crippen LogP contribution is -2.40. The molecule has 0 radical (unpaired) electrons. The Morgan fingerprint density at radius 2 is 1.81 bits per heavy atom. The minimum Gasteiger partial charge on any atom is -0.318 e. The van der Waals surface area contributed by atoms with E-state index in [9.17, 15) is 21.6 Å². The molecule has 1 aliphatic rings. The maximum atomic E-state index is 12.1. The third kappa shape index (κ3) is 3.30. The highest BCUT2D eigenvalue weighted by Crippen LogP contribution is 2.23. The van der Waals surface area contributed by atoms with Crippen molar-refractivity contribution in [1.82, 2.24) is 13.9 Å². The Labute approximate surface area is 92.4 Å². The second-order valence-electron chi connectivity index (χ2n) is 3.46. The first-order valence-corrected chi connectivity index (χ1v) is 6.13. The number of hydrogen-bond acceptors (Lipinski definition) is 3. The fraction of sp³-hybridized carbons (Fsp3) is 1.00. The number of hydrogen-bond donors (Lipinski definition) is 1. The standard InChI is InChI=1S/C7H14F3N3O2S/c1-11-2-3-12-4-5-13(16(12,14)15)6-7(8,9)10/h11H,2-6H2,1H3. The predicted molar refractivity (Wildman–Crippen MR) is 52.0 cm³/mol. The molecule has 0 atom stereocenters. The first-order valence-electron chi connectivity index (χ1n) is 4.74. The summed E-state index contributed by atoms with van der Waals surface area (Å²) >= 11 is 0. The summed E-state index contributed by atoms with van der Waals surface area (Å²) in [7, 11) is -2.28. The average Bonchev–Trinajstić information content (AvgIpc) is 2.37. The zero-order chi connectivity index (χ0) is 12.4. The molecule has 0 bridgehead atoms. The van der Waals surface area contributed by atoms with Gasteiger partial charge in [-0.15, -0.1) is 0 Å². The minimum absolute atomic E-state index is 0.106. The molecule has 0 aromatic rings. The van der Waals surface area contributed by atoms with Gasteiger partial charge in [0, 0.05) is 26.2 Å². The van der Waals surface area contributed by atoms with Gasteiger partial charge in [-0.3, -0.25) is 0 Å². The first-order chi connectivity index (χ1) is 7.27. The Hall–Kier alpha value is -0.380. The maximum Gasteiger partial charge on any atom is 0.402 e. The van der Waals surface area contributed by atoms with E-state index in [0.717, 1.165) is 4.31 Å². The van der Waals surface area contributed by atoms with Crippen molar-refractivity contribution in [2.24, 2.45) is 0 Å². The number of nitrogens with zero attached hydrogens (tertiary/aromatic N) is 2. The lowest BCUT2D eigenvalue weighted by molar-refractivity contribution is -0.135. The predicted octanol–water partition coefficient (Wildman–Crippen LogP) is -0.369. The van der Waals surface area contributed by atoms with Crippen molar-refractivity contribution in [3.63, 3.8) is 0 Å². The van der Waals surface area contributed by atoms with Crippen LogP contribution in [0.25, 0.3) is 0 Å². The van der Waals surface area contributed by atoms with Gasteiger partial charge in [-0.25, -0.2) is 0 Å². The van der Waals surface area contributed by atoms with Gasteiger partial charge in [-0.1, -0.05) is 0 Å². The molecule has 5 nitrogen and oxygen atoms in total. The van der Waals surface area contributed by atoms with Crippen molar-refractivity contribution in [3.05, 3.63) is 0 Å². The van der Waals surface area contributed by atoms with Crippen LogP contribution in [0.5, 0.6) is 0 Å². The fourth-order valence-electron chi connectivity index (χ4n) is 1.44. The summed E-state index contributed by atoms with van der Waals surface area (Å²) in [5.41, 5.74) is 0. The number of alkyl halides is 3. The van der Waals surface area contributed by atoms with Gasteiger partial charge in [0.1, 0.15) is 6.54 Å². The van der Waals surface area contributed by atoms with Crippen LogP contribution < -0.4 is 5.32 Å². The molecule has 1 rings (SSSR count). The molecule has 96 valence electrons. The fourth-order valence-corrected chi connectivity index (χ4v) is 3.02. The second-order valence-corrected chi connectivity index (χ2v) is 5.39. The van der Waals surface area contributed by atoms with E-state index in [-0.39, 0.29) is 19.6 Å². The van der Waals surface area contributed by atoms with E-state index in [1.807, 2.05) is 0 Å². The Bertz CT molecular complexity index is 330. The molecule has 0 saturated carbocycles. The molecule has 9 heteroatoms. The van der Waals surface area contributed by atoms with Crippen molar-refractivity contribution in [3.8, 4) is 0 Å². The molecule has 0 aromatic carbocycles. The Morgan fingerprint density at radius 3 is 2.31 bits per heavy atom. The van der Waals surface area contributed by atoms with Crippen LogP contribution in [-0.2, 0) is 10.2 Å². The van der Waals surface area contributed by atoms with E-state index in [4.69, 9.17) is 0 Å². The van der Waals surface area contributed by atoms with Crippen LogP contribution >= 0.6 is 0 Å². The highest BCUT2D eigenvalue weighted by atomic mass is 32.2. The molecular weight excluding hydrogens is 247 g/mol. The summed E-state index contributed by atoms with van der Waals surface area (Å²) in [4.78, 5) is 0. The molecule has 1 N–H and O–H groups in total.